The lowest BCUT2D eigenvalue weighted by Gasteiger charge is -2.26. The topological polar surface area (TPSA) is 89.0 Å². The number of nitrogens with zero attached hydrogens (tertiary/aromatic N) is 2. The van der Waals surface area contributed by atoms with E-state index in [1.807, 2.05) is 0 Å². The zero-order chi connectivity index (χ0) is 15.8. The van der Waals surface area contributed by atoms with Gasteiger partial charge in [0.15, 0.2) is 0 Å². The van der Waals surface area contributed by atoms with Crippen molar-refractivity contribution in [2.45, 2.75) is 38.8 Å². The van der Waals surface area contributed by atoms with Gasteiger partial charge in [-0.05, 0) is 32.4 Å². The first kappa shape index (κ1) is 15.1. The Labute approximate surface area is 122 Å². The Kier molecular flexibility index (Phi) is 3.76. The molecule has 0 fully saturated rings. The van der Waals surface area contributed by atoms with Gasteiger partial charge in [-0.1, -0.05) is 0 Å². The van der Waals surface area contributed by atoms with Gasteiger partial charge in [-0.25, -0.2) is 14.5 Å². The van der Waals surface area contributed by atoms with Gasteiger partial charge >= 0.3 is 12.1 Å². The summed E-state index contributed by atoms with van der Waals surface area (Å²) in [5.74, 6) is -0.512. The first-order chi connectivity index (χ1) is 9.73. The molecule has 7 heteroatoms. The van der Waals surface area contributed by atoms with E-state index in [4.69, 9.17) is 9.47 Å². The number of rotatable bonds is 2. The number of carboxylic acid groups (broad SMARTS) is 1. The van der Waals surface area contributed by atoms with Crippen LogP contribution in [-0.4, -0.2) is 40.9 Å². The van der Waals surface area contributed by atoms with Crippen LogP contribution in [0, 0.1) is 0 Å². The Morgan fingerprint density at radius 3 is 2.57 bits per heavy atom. The first-order valence-electron chi connectivity index (χ1n) is 6.52. The van der Waals surface area contributed by atoms with E-state index in [-0.39, 0.29) is 12.2 Å². The molecule has 1 atom stereocenters. The molecule has 0 saturated carbocycles. The van der Waals surface area contributed by atoms with Gasteiger partial charge in [-0.2, -0.15) is 4.98 Å². The highest BCUT2D eigenvalue weighted by Gasteiger charge is 2.42. The predicted octanol–water partition coefficient (Wildman–Crippen LogP) is 1.84. The van der Waals surface area contributed by atoms with Gasteiger partial charge in [0.1, 0.15) is 17.5 Å². The van der Waals surface area contributed by atoms with Crippen LogP contribution in [0.4, 0.5) is 10.6 Å². The number of carbonyl (C=O) groups is 2. The maximum atomic E-state index is 12.3. The van der Waals surface area contributed by atoms with Crippen molar-refractivity contribution in [3.05, 3.63) is 17.7 Å². The largest absolute Gasteiger partial charge is 0.481 e. The number of ether oxygens (including phenoxy) is 2. The first-order valence-corrected chi connectivity index (χ1v) is 6.52. The molecule has 1 aromatic heterocycles. The van der Waals surface area contributed by atoms with Gasteiger partial charge in [0.2, 0.25) is 5.88 Å². The zero-order valence-electron chi connectivity index (χ0n) is 12.4. The zero-order valence-corrected chi connectivity index (χ0v) is 12.4. The second-order valence-corrected chi connectivity index (χ2v) is 5.74. The van der Waals surface area contributed by atoms with Crippen LogP contribution in [0.2, 0.25) is 0 Å². The van der Waals surface area contributed by atoms with Crippen molar-refractivity contribution in [1.82, 2.24) is 4.98 Å². The molecule has 114 valence electrons. The molecule has 21 heavy (non-hydrogen) atoms. The van der Waals surface area contributed by atoms with Crippen LogP contribution in [0.15, 0.2) is 12.1 Å². The minimum atomic E-state index is -1.10. The molecular formula is C14H18N2O5. The number of methoxy groups -OCH3 is 1. The number of hydrogen-bond acceptors (Lipinski definition) is 5. The van der Waals surface area contributed by atoms with Gasteiger partial charge in [-0.15, -0.1) is 0 Å². The summed E-state index contributed by atoms with van der Waals surface area (Å²) < 4.78 is 10.3. The molecule has 0 spiro atoms. The van der Waals surface area contributed by atoms with Crippen LogP contribution in [0.3, 0.4) is 0 Å². The van der Waals surface area contributed by atoms with Crippen molar-refractivity contribution < 1.29 is 24.2 Å². The second kappa shape index (κ2) is 5.23. The molecule has 0 aliphatic carbocycles. The molecule has 2 heterocycles. The Bertz CT molecular complexity index is 579. The van der Waals surface area contributed by atoms with Crippen LogP contribution in [0.25, 0.3) is 0 Å². The van der Waals surface area contributed by atoms with Gasteiger partial charge < -0.3 is 14.6 Å². The fraction of sp³-hybridized carbons (Fsp3) is 0.500. The van der Waals surface area contributed by atoms with Crippen LogP contribution in [0.5, 0.6) is 5.88 Å². The lowest BCUT2D eigenvalue weighted by molar-refractivity contribution is -0.138. The molecule has 0 radical (unpaired) electrons. The van der Waals surface area contributed by atoms with E-state index in [1.165, 1.54) is 7.11 Å². The number of hydrogen-bond donors (Lipinski definition) is 1. The lowest BCUT2D eigenvalue weighted by atomic mass is 10.1. The van der Waals surface area contributed by atoms with Crippen molar-refractivity contribution in [2.75, 3.05) is 12.0 Å². The highest BCUT2D eigenvalue weighted by atomic mass is 16.6. The molecule has 1 amide bonds. The smallest absolute Gasteiger partial charge is 0.416 e. The van der Waals surface area contributed by atoms with Gasteiger partial charge in [0.25, 0.3) is 0 Å². The van der Waals surface area contributed by atoms with Crippen molar-refractivity contribution in [1.29, 1.82) is 0 Å². The number of pyridine rings is 1. The average Bonchev–Trinajstić information content (AvgIpc) is 2.74. The average molecular weight is 294 g/mol. The molecule has 2 rings (SSSR count). The van der Waals surface area contributed by atoms with Crippen molar-refractivity contribution >= 4 is 17.9 Å². The maximum Gasteiger partial charge on any atom is 0.416 e. The molecule has 1 aromatic rings. The summed E-state index contributed by atoms with van der Waals surface area (Å²) in [5.41, 5.74) is -0.0454. The summed E-state index contributed by atoms with van der Waals surface area (Å²) in [4.78, 5) is 28.9. The van der Waals surface area contributed by atoms with Gasteiger partial charge in [0.05, 0.1) is 7.11 Å². The summed E-state index contributed by atoms with van der Waals surface area (Å²) in [6.45, 7) is 5.16. The monoisotopic (exact) mass is 294 g/mol. The molecule has 1 aliphatic heterocycles. The van der Waals surface area contributed by atoms with Gasteiger partial charge in [0, 0.05) is 12.5 Å². The van der Waals surface area contributed by atoms with Crippen LogP contribution in [-0.2, 0) is 16.0 Å². The highest BCUT2D eigenvalue weighted by Crippen LogP contribution is 2.33. The van der Waals surface area contributed by atoms with E-state index in [2.05, 4.69) is 4.98 Å². The maximum absolute atomic E-state index is 12.3. The molecule has 0 aromatic carbocycles. The third-order valence-corrected chi connectivity index (χ3v) is 2.97. The van der Waals surface area contributed by atoms with Crippen molar-refractivity contribution in [3.63, 3.8) is 0 Å². The lowest BCUT2D eigenvalue weighted by Crippen LogP contribution is -2.45. The summed E-state index contributed by atoms with van der Waals surface area (Å²) >= 11 is 0. The molecule has 0 unspecified atom stereocenters. The minimum absolute atomic E-state index is 0.195. The number of aliphatic carboxylic acids is 1. The fourth-order valence-electron chi connectivity index (χ4n) is 2.11. The Hall–Kier alpha value is -2.31. The Morgan fingerprint density at radius 2 is 2.05 bits per heavy atom. The summed E-state index contributed by atoms with van der Waals surface area (Å²) in [6, 6.07) is 2.33. The second-order valence-electron chi connectivity index (χ2n) is 5.74. The van der Waals surface area contributed by atoms with Crippen LogP contribution < -0.4 is 9.64 Å². The number of carbonyl (C=O) groups excluding carboxylic acids is 1. The molecule has 1 N–H and O–H groups in total. The van der Waals surface area contributed by atoms with Gasteiger partial charge in [-0.3, -0.25) is 0 Å². The fourth-order valence-corrected chi connectivity index (χ4v) is 2.11. The molecule has 1 aliphatic rings. The van der Waals surface area contributed by atoms with Crippen LogP contribution in [0.1, 0.15) is 26.3 Å². The summed E-state index contributed by atoms with van der Waals surface area (Å²) in [7, 11) is 1.45. The minimum Gasteiger partial charge on any atom is -0.481 e. The van der Waals surface area contributed by atoms with Crippen LogP contribution >= 0.6 is 0 Å². The normalized spacial score (nSPS) is 17.3. The van der Waals surface area contributed by atoms with Crippen molar-refractivity contribution in [2.24, 2.45) is 0 Å². The predicted molar refractivity (Wildman–Crippen MR) is 74.6 cm³/mol. The molecule has 0 saturated heterocycles. The molecular weight excluding hydrogens is 276 g/mol. The van der Waals surface area contributed by atoms with E-state index in [0.717, 1.165) is 4.90 Å². The SMILES string of the molecule is COc1ccc2c(n1)N(C(=O)OC(C)(C)C)[C@H](C(=O)O)C2. The summed E-state index contributed by atoms with van der Waals surface area (Å²) in [6.07, 6.45) is -0.532. The quantitative estimate of drug-likeness (QED) is 0.895. The van der Waals surface area contributed by atoms with E-state index >= 15 is 0 Å². The molecule has 7 nitrogen and oxygen atoms in total. The van der Waals surface area contributed by atoms with E-state index in [1.54, 1.807) is 32.9 Å². The standard InChI is InChI=1S/C14H18N2O5/c1-14(2,3)21-13(19)16-9(12(17)18)7-8-5-6-10(20-4)15-11(8)16/h5-6,9H,7H2,1-4H3,(H,17,18)/t9-/m0/s1. The number of anilines is 1. The number of fused-ring (bicyclic) bond motifs is 1. The van der Waals surface area contributed by atoms with E-state index in [9.17, 15) is 14.7 Å². The van der Waals surface area contributed by atoms with E-state index < -0.39 is 23.7 Å². The van der Waals surface area contributed by atoms with E-state index in [0.29, 0.717) is 11.4 Å². The Morgan fingerprint density at radius 1 is 1.38 bits per heavy atom. The third-order valence-electron chi connectivity index (χ3n) is 2.97. The summed E-state index contributed by atoms with van der Waals surface area (Å²) in [5, 5.41) is 9.32. The Balaban J connectivity index is 2.40. The van der Waals surface area contributed by atoms with Crippen molar-refractivity contribution in [3.8, 4) is 5.88 Å². The third kappa shape index (κ3) is 3.07. The molecule has 0 bridgehead atoms. The number of amides is 1. The number of carboxylic acids is 1. The number of aromatic nitrogens is 1. The highest BCUT2D eigenvalue weighted by molar-refractivity contribution is 5.97.